The summed E-state index contributed by atoms with van der Waals surface area (Å²) in [4.78, 5) is 20.5. The average Bonchev–Trinajstić information content (AvgIpc) is 2.34. The molecule has 0 amide bonds. The minimum atomic E-state index is 0.353. The van der Waals surface area contributed by atoms with Crippen LogP contribution in [0.3, 0.4) is 0 Å². The van der Waals surface area contributed by atoms with Crippen molar-refractivity contribution < 1.29 is 4.79 Å². The van der Waals surface area contributed by atoms with Gasteiger partial charge in [-0.25, -0.2) is 4.98 Å². The van der Waals surface area contributed by atoms with Crippen LogP contribution in [0.1, 0.15) is 5.56 Å². The maximum absolute atomic E-state index is 10.7. The number of carbonyl (C=O) groups excluding carboxylic acids is 1. The molecular weight excluding hydrogens is 230 g/mol. The Morgan fingerprint density at radius 2 is 2.28 bits per heavy atom. The van der Waals surface area contributed by atoms with E-state index in [1.54, 1.807) is 13.2 Å². The van der Waals surface area contributed by atoms with E-state index < -0.39 is 0 Å². The van der Waals surface area contributed by atoms with Gasteiger partial charge in [-0.1, -0.05) is 0 Å². The molecule has 0 unspecified atom stereocenters. The van der Waals surface area contributed by atoms with Gasteiger partial charge in [0.2, 0.25) is 0 Å². The van der Waals surface area contributed by atoms with Crippen molar-refractivity contribution in [2.75, 3.05) is 31.8 Å². The lowest BCUT2D eigenvalue weighted by molar-refractivity contribution is -0.104. The Morgan fingerprint density at radius 3 is 2.83 bits per heavy atom. The zero-order valence-corrected chi connectivity index (χ0v) is 10.7. The van der Waals surface area contributed by atoms with E-state index in [2.05, 4.69) is 15.3 Å². The standard InChI is InChI=1S/C12H17N5O/c1-14-8-16-9(5-7-18)11-10(17(2)3)4-6-15-12(11)13/h4-8H,1-3H3,(H2,13,15)(H,14,16)/b9-5-. The fraction of sp³-hybridized carbons (Fsp3) is 0.250. The summed E-state index contributed by atoms with van der Waals surface area (Å²) in [7, 11) is 5.42. The number of anilines is 2. The van der Waals surface area contributed by atoms with E-state index in [-0.39, 0.29) is 0 Å². The van der Waals surface area contributed by atoms with Crippen molar-refractivity contribution in [1.29, 1.82) is 0 Å². The number of allylic oxidation sites excluding steroid dienone is 1. The second-order valence-electron chi connectivity index (χ2n) is 3.73. The lowest BCUT2D eigenvalue weighted by Crippen LogP contribution is -2.18. The highest BCUT2D eigenvalue weighted by Gasteiger charge is 2.13. The van der Waals surface area contributed by atoms with Crippen molar-refractivity contribution in [3.8, 4) is 0 Å². The van der Waals surface area contributed by atoms with Crippen LogP contribution in [0.5, 0.6) is 0 Å². The fourth-order valence-electron chi connectivity index (χ4n) is 1.52. The van der Waals surface area contributed by atoms with Crippen molar-refractivity contribution in [2.24, 2.45) is 4.99 Å². The van der Waals surface area contributed by atoms with Crippen molar-refractivity contribution >= 4 is 29.8 Å². The summed E-state index contributed by atoms with van der Waals surface area (Å²) in [5, 5.41) is 2.91. The third-order valence-electron chi connectivity index (χ3n) is 2.29. The predicted molar refractivity (Wildman–Crippen MR) is 74.6 cm³/mol. The largest absolute Gasteiger partial charge is 0.383 e. The average molecular weight is 247 g/mol. The molecule has 0 aromatic carbocycles. The molecular formula is C12H17N5O. The molecule has 1 heterocycles. The van der Waals surface area contributed by atoms with E-state index in [1.807, 2.05) is 25.1 Å². The molecule has 6 heteroatoms. The number of carbonyl (C=O) groups is 1. The summed E-state index contributed by atoms with van der Waals surface area (Å²) in [6, 6.07) is 1.83. The van der Waals surface area contributed by atoms with Gasteiger partial charge in [0, 0.05) is 33.4 Å². The Morgan fingerprint density at radius 1 is 1.56 bits per heavy atom. The van der Waals surface area contributed by atoms with Crippen LogP contribution in [0, 0.1) is 0 Å². The van der Waals surface area contributed by atoms with Gasteiger partial charge in [-0.15, -0.1) is 0 Å². The molecule has 0 spiro atoms. The van der Waals surface area contributed by atoms with Crippen LogP contribution in [0.25, 0.3) is 5.70 Å². The van der Waals surface area contributed by atoms with Gasteiger partial charge in [0.25, 0.3) is 0 Å². The van der Waals surface area contributed by atoms with Crippen molar-refractivity contribution in [1.82, 2.24) is 10.3 Å². The van der Waals surface area contributed by atoms with Crippen LogP contribution in [0.4, 0.5) is 11.5 Å². The lowest BCUT2D eigenvalue weighted by atomic mass is 10.1. The zero-order chi connectivity index (χ0) is 13.5. The quantitative estimate of drug-likeness (QED) is 0.343. The molecule has 1 aromatic rings. The molecule has 0 saturated heterocycles. The van der Waals surface area contributed by atoms with Gasteiger partial charge in [-0.05, 0) is 6.07 Å². The molecule has 0 saturated carbocycles. The lowest BCUT2D eigenvalue weighted by Gasteiger charge is -2.19. The fourth-order valence-corrected chi connectivity index (χ4v) is 1.52. The highest BCUT2D eigenvalue weighted by Crippen LogP contribution is 2.27. The molecule has 0 aliphatic rings. The Bertz CT molecular complexity index is 479. The van der Waals surface area contributed by atoms with Crippen LogP contribution in [-0.4, -0.2) is 38.8 Å². The van der Waals surface area contributed by atoms with Gasteiger partial charge in [0.15, 0.2) is 0 Å². The number of nitrogen functional groups attached to an aromatic ring is 1. The Hall–Kier alpha value is -2.37. The summed E-state index contributed by atoms with van der Waals surface area (Å²) in [5.74, 6) is 0.353. The molecule has 18 heavy (non-hydrogen) atoms. The first kappa shape index (κ1) is 13.7. The zero-order valence-electron chi connectivity index (χ0n) is 10.7. The molecule has 1 aromatic heterocycles. The number of aliphatic imine (C=N–C) groups is 1. The number of nitrogens with two attached hydrogens (primary N) is 1. The molecule has 0 aliphatic heterocycles. The Kier molecular flexibility index (Phi) is 4.86. The van der Waals surface area contributed by atoms with E-state index in [1.165, 1.54) is 12.4 Å². The van der Waals surface area contributed by atoms with E-state index in [0.717, 1.165) is 5.69 Å². The summed E-state index contributed by atoms with van der Waals surface area (Å²) in [5.41, 5.74) is 7.99. The number of aldehydes is 1. The van der Waals surface area contributed by atoms with Crippen LogP contribution >= 0.6 is 0 Å². The van der Waals surface area contributed by atoms with E-state index in [4.69, 9.17) is 5.73 Å². The highest BCUT2D eigenvalue weighted by molar-refractivity contribution is 5.92. The second-order valence-corrected chi connectivity index (χ2v) is 3.73. The highest BCUT2D eigenvalue weighted by atomic mass is 16.1. The smallest absolute Gasteiger partial charge is 0.144 e. The summed E-state index contributed by atoms with van der Waals surface area (Å²) >= 11 is 0. The second kappa shape index (κ2) is 6.39. The molecule has 6 nitrogen and oxygen atoms in total. The number of nitrogens with one attached hydrogen (secondary N) is 1. The topological polar surface area (TPSA) is 83.6 Å². The van der Waals surface area contributed by atoms with Crippen LogP contribution in [0.15, 0.2) is 23.3 Å². The maximum atomic E-state index is 10.7. The van der Waals surface area contributed by atoms with Gasteiger partial charge < -0.3 is 16.0 Å². The molecule has 0 bridgehead atoms. The minimum absolute atomic E-state index is 0.353. The maximum Gasteiger partial charge on any atom is 0.144 e. The minimum Gasteiger partial charge on any atom is -0.383 e. The SMILES string of the molecule is CN=CN/C(=C\C=O)c1c(N(C)C)ccnc1N. The Balaban J connectivity index is 3.34. The molecule has 0 radical (unpaired) electrons. The summed E-state index contributed by atoms with van der Waals surface area (Å²) in [6.07, 6.45) is 5.20. The van der Waals surface area contributed by atoms with Crippen molar-refractivity contribution in [3.05, 3.63) is 23.9 Å². The first-order chi connectivity index (χ1) is 8.61. The molecule has 0 fully saturated rings. The number of aromatic nitrogens is 1. The van der Waals surface area contributed by atoms with Crippen LogP contribution in [0.2, 0.25) is 0 Å². The van der Waals surface area contributed by atoms with E-state index >= 15 is 0 Å². The number of hydrogen-bond acceptors (Lipinski definition) is 5. The third kappa shape index (κ3) is 3.07. The van der Waals surface area contributed by atoms with Gasteiger partial charge in [-0.2, -0.15) is 0 Å². The normalized spacial score (nSPS) is 11.6. The first-order valence-electron chi connectivity index (χ1n) is 5.36. The predicted octanol–water partition coefficient (Wildman–Crippen LogP) is 0.517. The van der Waals surface area contributed by atoms with Gasteiger partial charge >= 0.3 is 0 Å². The monoisotopic (exact) mass is 247 g/mol. The molecule has 3 N–H and O–H groups in total. The molecule has 0 aliphatic carbocycles. The number of hydrogen-bond donors (Lipinski definition) is 2. The van der Waals surface area contributed by atoms with Crippen LogP contribution in [-0.2, 0) is 4.79 Å². The van der Waals surface area contributed by atoms with Gasteiger partial charge in [0.1, 0.15) is 12.1 Å². The number of pyridine rings is 1. The number of rotatable bonds is 5. The first-order valence-corrected chi connectivity index (χ1v) is 5.36. The van der Waals surface area contributed by atoms with Crippen LogP contribution < -0.4 is 16.0 Å². The molecule has 0 atom stereocenters. The van der Waals surface area contributed by atoms with E-state index in [9.17, 15) is 4.79 Å². The van der Waals surface area contributed by atoms with Crippen molar-refractivity contribution in [3.63, 3.8) is 0 Å². The molecule has 96 valence electrons. The Labute approximate surface area is 106 Å². The van der Waals surface area contributed by atoms with Gasteiger partial charge in [0.05, 0.1) is 23.3 Å². The summed E-state index contributed by atoms with van der Waals surface area (Å²) < 4.78 is 0. The van der Waals surface area contributed by atoms with Crippen molar-refractivity contribution in [2.45, 2.75) is 0 Å². The third-order valence-corrected chi connectivity index (χ3v) is 2.29. The van der Waals surface area contributed by atoms with Gasteiger partial charge in [-0.3, -0.25) is 9.79 Å². The van der Waals surface area contributed by atoms with E-state index in [0.29, 0.717) is 23.4 Å². The number of nitrogens with zero attached hydrogens (tertiary/aromatic N) is 3. The molecule has 1 rings (SSSR count). The summed E-state index contributed by atoms with van der Waals surface area (Å²) in [6.45, 7) is 0.